The molecule has 2 atom stereocenters. The smallest absolute Gasteiger partial charge is 0.320 e. The molecule has 1 aromatic carbocycles. The summed E-state index contributed by atoms with van der Waals surface area (Å²) in [6, 6.07) is 8.05. The summed E-state index contributed by atoms with van der Waals surface area (Å²) in [7, 11) is -2.56. The van der Waals surface area contributed by atoms with Gasteiger partial charge >= 0.3 is 5.97 Å². The molecule has 196 valence electrons. The van der Waals surface area contributed by atoms with E-state index < -0.39 is 28.6 Å². The van der Waals surface area contributed by atoms with Crippen molar-refractivity contribution in [3.05, 3.63) is 45.8 Å². The molecule has 0 radical (unpaired) electrons. The van der Waals surface area contributed by atoms with Crippen molar-refractivity contribution in [3.8, 4) is 5.75 Å². The number of benzene rings is 1. The van der Waals surface area contributed by atoms with Crippen LogP contribution in [0.4, 0.5) is 0 Å². The Morgan fingerprint density at radius 1 is 1.17 bits per heavy atom. The molecule has 35 heavy (non-hydrogen) atoms. The van der Waals surface area contributed by atoms with Crippen molar-refractivity contribution in [3.63, 3.8) is 0 Å². The molecule has 0 amide bonds. The van der Waals surface area contributed by atoms with E-state index in [2.05, 4.69) is 22.4 Å². The predicted molar refractivity (Wildman–Crippen MR) is 140 cm³/mol. The van der Waals surface area contributed by atoms with Crippen LogP contribution in [0.2, 0.25) is 0 Å². The second-order valence-corrected chi connectivity index (χ2v) is 13.0. The molecule has 1 aromatic heterocycles. The summed E-state index contributed by atoms with van der Waals surface area (Å²) in [5.41, 5.74) is 2.65. The van der Waals surface area contributed by atoms with Crippen molar-refractivity contribution in [1.82, 2.24) is 4.72 Å². The number of thiophene rings is 1. The molecule has 0 bridgehead atoms. The molecule has 0 fully saturated rings. The zero-order chi connectivity index (χ0) is 26.4. The van der Waals surface area contributed by atoms with Crippen molar-refractivity contribution >= 4 is 27.3 Å². The lowest BCUT2D eigenvalue weighted by atomic mass is 9.90. The van der Waals surface area contributed by atoms with Crippen molar-refractivity contribution in [2.45, 2.75) is 77.0 Å². The first-order valence-corrected chi connectivity index (χ1v) is 14.2. The molecule has 9 heteroatoms. The maximum absolute atomic E-state index is 12.7. The second kappa shape index (κ2) is 12.3. The predicted octanol–water partition coefficient (Wildman–Crippen LogP) is 4.73. The summed E-state index contributed by atoms with van der Waals surface area (Å²) in [6.45, 7) is 11.7. The highest BCUT2D eigenvalue weighted by molar-refractivity contribution is 7.91. The van der Waals surface area contributed by atoms with Gasteiger partial charge < -0.3 is 14.6 Å². The van der Waals surface area contributed by atoms with Crippen LogP contribution in [0.15, 0.2) is 28.5 Å². The molecule has 0 aliphatic heterocycles. The lowest BCUT2D eigenvalue weighted by Crippen LogP contribution is -2.32. The van der Waals surface area contributed by atoms with Crippen LogP contribution in [0.5, 0.6) is 5.75 Å². The maximum atomic E-state index is 12.7. The van der Waals surface area contributed by atoms with Gasteiger partial charge in [-0.2, -0.15) is 4.72 Å². The van der Waals surface area contributed by atoms with E-state index in [1.807, 2.05) is 45.9 Å². The Hall–Kier alpha value is -1.94. The van der Waals surface area contributed by atoms with Gasteiger partial charge in [0.05, 0.1) is 13.2 Å². The Labute approximate surface area is 213 Å². The minimum absolute atomic E-state index is 0.224. The normalized spacial score (nSPS) is 13.9. The molecule has 7 nitrogen and oxygen atoms in total. The fraction of sp³-hybridized carbons (Fsp3) is 0.577. The van der Waals surface area contributed by atoms with E-state index in [1.165, 1.54) is 24.0 Å². The number of esters is 1. The number of aliphatic hydroxyl groups excluding tert-OH is 1. The Bertz CT molecular complexity index is 1100. The first kappa shape index (κ1) is 29.3. The number of ether oxygens (including phenoxy) is 2. The van der Waals surface area contributed by atoms with Gasteiger partial charge in [0, 0.05) is 4.88 Å². The average molecular weight is 526 g/mol. The third-order valence-electron chi connectivity index (χ3n) is 6.08. The summed E-state index contributed by atoms with van der Waals surface area (Å²) in [4.78, 5) is 12.4. The van der Waals surface area contributed by atoms with Crippen LogP contribution in [-0.2, 0) is 26.0 Å². The first-order valence-electron chi connectivity index (χ1n) is 11.9. The number of aliphatic hydroxyl groups is 1. The number of hydrogen-bond donors (Lipinski definition) is 2. The van der Waals surface area contributed by atoms with Crippen LogP contribution < -0.4 is 9.46 Å². The van der Waals surface area contributed by atoms with E-state index in [0.717, 1.165) is 35.5 Å². The van der Waals surface area contributed by atoms with E-state index in [9.17, 15) is 18.3 Å². The molecule has 1 heterocycles. The van der Waals surface area contributed by atoms with E-state index >= 15 is 0 Å². The van der Waals surface area contributed by atoms with Gasteiger partial charge in [-0.05, 0) is 73.3 Å². The van der Waals surface area contributed by atoms with E-state index in [0.29, 0.717) is 5.56 Å². The summed E-state index contributed by atoms with van der Waals surface area (Å²) in [5, 5.41) is 10.2. The lowest BCUT2D eigenvalue weighted by molar-refractivity contribution is -0.139. The number of methoxy groups -OCH3 is 1. The Kier molecular flexibility index (Phi) is 10.3. The van der Waals surface area contributed by atoms with Crippen LogP contribution >= 0.6 is 11.3 Å². The molecule has 0 aliphatic rings. The van der Waals surface area contributed by atoms with Crippen LogP contribution in [0, 0.1) is 19.3 Å². The Morgan fingerprint density at radius 2 is 1.86 bits per heavy atom. The van der Waals surface area contributed by atoms with E-state index in [4.69, 9.17) is 4.74 Å². The summed E-state index contributed by atoms with van der Waals surface area (Å²) in [6.07, 6.45) is 2.07. The van der Waals surface area contributed by atoms with Gasteiger partial charge in [-0.3, -0.25) is 4.79 Å². The maximum Gasteiger partial charge on any atom is 0.320 e. The average Bonchev–Trinajstić information content (AvgIpc) is 3.18. The van der Waals surface area contributed by atoms with Crippen molar-refractivity contribution in [2.75, 3.05) is 20.3 Å². The standard InChI is InChI=1S/C26H39NO6S2/c1-8-20(22-14-18(3)25(34-22)35(30,31)27-15-24(29)32-7)11-9-19-10-12-21(17(2)13-19)33-16-23(28)26(4,5)6/h10,12-14,20,23,27-28H,8-9,11,15-16H2,1-7H3. The van der Waals surface area contributed by atoms with Gasteiger partial charge in [0.25, 0.3) is 10.0 Å². The molecular weight excluding hydrogens is 486 g/mol. The molecule has 0 saturated heterocycles. The molecule has 0 spiro atoms. The largest absolute Gasteiger partial charge is 0.491 e. The molecule has 2 rings (SSSR count). The van der Waals surface area contributed by atoms with Crippen molar-refractivity contribution in [2.24, 2.45) is 5.41 Å². The third kappa shape index (κ3) is 8.31. The van der Waals surface area contributed by atoms with Crippen molar-refractivity contribution in [1.29, 1.82) is 0 Å². The van der Waals surface area contributed by atoms with Gasteiger partial charge in [-0.15, -0.1) is 11.3 Å². The lowest BCUT2D eigenvalue weighted by Gasteiger charge is -2.26. The number of rotatable bonds is 12. The summed E-state index contributed by atoms with van der Waals surface area (Å²) < 4.78 is 38.2. The SMILES string of the molecule is CCC(CCc1ccc(OCC(O)C(C)(C)C)c(C)c1)c1cc(C)c(S(=O)(=O)NCC(=O)OC)s1. The number of aryl methyl sites for hydroxylation is 3. The zero-order valence-electron chi connectivity index (χ0n) is 21.8. The van der Waals surface area contributed by atoms with E-state index in [-0.39, 0.29) is 22.1 Å². The molecule has 2 N–H and O–H groups in total. The summed E-state index contributed by atoms with van der Waals surface area (Å²) in [5.74, 6) is 0.361. The van der Waals surface area contributed by atoms with Crippen LogP contribution in [0.1, 0.15) is 68.0 Å². The van der Waals surface area contributed by atoms with Crippen LogP contribution in [0.3, 0.4) is 0 Å². The Balaban J connectivity index is 2.05. The molecule has 0 saturated carbocycles. The van der Waals surface area contributed by atoms with Gasteiger partial charge in [0.15, 0.2) is 0 Å². The third-order valence-corrected chi connectivity index (χ3v) is 9.52. The fourth-order valence-corrected chi connectivity index (χ4v) is 6.53. The minimum Gasteiger partial charge on any atom is -0.491 e. The molecular formula is C26H39NO6S2. The van der Waals surface area contributed by atoms with Gasteiger partial charge in [-0.25, -0.2) is 8.42 Å². The topological polar surface area (TPSA) is 102 Å². The van der Waals surface area contributed by atoms with Crippen molar-refractivity contribution < 1.29 is 27.8 Å². The highest BCUT2D eigenvalue weighted by Gasteiger charge is 2.24. The summed E-state index contributed by atoms with van der Waals surface area (Å²) >= 11 is 1.26. The van der Waals surface area contributed by atoms with E-state index in [1.54, 1.807) is 6.92 Å². The number of carbonyl (C=O) groups is 1. The van der Waals surface area contributed by atoms with Gasteiger partial charge in [0.1, 0.15) is 23.1 Å². The number of hydrogen-bond acceptors (Lipinski definition) is 7. The number of nitrogens with one attached hydrogen (secondary N) is 1. The number of sulfonamides is 1. The highest BCUT2D eigenvalue weighted by atomic mass is 32.2. The Morgan fingerprint density at radius 3 is 2.43 bits per heavy atom. The molecule has 2 aromatic rings. The molecule has 2 unspecified atom stereocenters. The van der Waals surface area contributed by atoms with Crippen LogP contribution in [0.25, 0.3) is 0 Å². The zero-order valence-corrected chi connectivity index (χ0v) is 23.4. The minimum atomic E-state index is -3.78. The second-order valence-electron chi connectivity index (χ2n) is 9.96. The van der Waals surface area contributed by atoms with Gasteiger partial charge in [-0.1, -0.05) is 39.8 Å². The highest BCUT2D eigenvalue weighted by Crippen LogP contribution is 2.36. The van der Waals surface area contributed by atoms with Crippen LogP contribution in [-0.4, -0.2) is 45.9 Å². The number of carbonyl (C=O) groups excluding carboxylic acids is 1. The quantitative estimate of drug-likeness (QED) is 0.389. The molecule has 0 aliphatic carbocycles. The monoisotopic (exact) mass is 525 g/mol. The first-order chi connectivity index (χ1) is 16.3. The van der Waals surface area contributed by atoms with Gasteiger partial charge in [0.2, 0.25) is 0 Å². The fourth-order valence-electron chi connectivity index (χ4n) is 3.59.